The first-order chi connectivity index (χ1) is 8.97. The van der Waals surface area contributed by atoms with Crippen molar-refractivity contribution in [1.82, 2.24) is 15.3 Å². The summed E-state index contributed by atoms with van der Waals surface area (Å²) in [7, 11) is 1.74. The second-order valence-corrected chi connectivity index (χ2v) is 6.22. The van der Waals surface area contributed by atoms with Crippen LogP contribution in [0.5, 0.6) is 0 Å². The topological polar surface area (TPSA) is 47.0 Å². The molecule has 0 spiro atoms. The summed E-state index contributed by atoms with van der Waals surface area (Å²) in [6, 6.07) is 0. The molecule has 19 heavy (non-hydrogen) atoms. The van der Waals surface area contributed by atoms with E-state index in [-0.39, 0.29) is 11.5 Å². The molecule has 1 unspecified atom stereocenters. The lowest BCUT2D eigenvalue weighted by atomic mass is 9.88. The van der Waals surface area contributed by atoms with Crippen molar-refractivity contribution in [3.05, 3.63) is 22.8 Å². The molecule has 2 rings (SSSR count). The maximum atomic E-state index is 5.65. The highest BCUT2D eigenvalue weighted by Crippen LogP contribution is 2.34. The number of nitrogens with zero attached hydrogens (tertiary/aromatic N) is 2. The van der Waals surface area contributed by atoms with Crippen molar-refractivity contribution in [2.24, 2.45) is 5.41 Å². The SMILES string of the molecule is CCc1nc(C(OC)C(C)(C)C)nc2c1CCNC2. The van der Waals surface area contributed by atoms with E-state index in [1.165, 1.54) is 11.3 Å². The van der Waals surface area contributed by atoms with Gasteiger partial charge < -0.3 is 10.1 Å². The van der Waals surface area contributed by atoms with E-state index in [2.05, 4.69) is 33.0 Å². The molecule has 0 radical (unpaired) electrons. The van der Waals surface area contributed by atoms with Gasteiger partial charge in [-0.3, -0.25) is 0 Å². The molecule has 0 bridgehead atoms. The summed E-state index contributed by atoms with van der Waals surface area (Å²) in [5, 5.41) is 3.38. The summed E-state index contributed by atoms with van der Waals surface area (Å²) in [6.07, 6.45) is 1.93. The Morgan fingerprint density at radius 3 is 2.63 bits per heavy atom. The largest absolute Gasteiger partial charge is 0.373 e. The van der Waals surface area contributed by atoms with Crippen molar-refractivity contribution >= 4 is 0 Å². The fourth-order valence-corrected chi connectivity index (χ4v) is 2.71. The second kappa shape index (κ2) is 5.55. The molecule has 1 aromatic rings. The lowest BCUT2D eigenvalue weighted by molar-refractivity contribution is 0.00827. The lowest BCUT2D eigenvalue weighted by Crippen LogP contribution is -2.29. The van der Waals surface area contributed by atoms with Gasteiger partial charge in [0.05, 0.1) is 5.69 Å². The third kappa shape index (κ3) is 2.95. The molecule has 0 aromatic carbocycles. The zero-order valence-electron chi connectivity index (χ0n) is 12.7. The van der Waals surface area contributed by atoms with Crippen LogP contribution in [-0.2, 0) is 24.1 Å². The molecule has 4 nitrogen and oxygen atoms in total. The van der Waals surface area contributed by atoms with Crippen LogP contribution in [0.1, 0.15) is 56.6 Å². The van der Waals surface area contributed by atoms with Crippen molar-refractivity contribution in [2.45, 2.75) is 53.2 Å². The van der Waals surface area contributed by atoms with E-state index in [1.807, 2.05) is 0 Å². The predicted molar refractivity (Wildman–Crippen MR) is 76.0 cm³/mol. The first kappa shape index (κ1) is 14.4. The summed E-state index contributed by atoms with van der Waals surface area (Å²) in [5.74, 6) is 0.828. The lowest BCUT2D eigenvalue weighted by Gasteiger charge is -2.29. The van der Waals surface area contributed by atoms with Crippen LogP contribution in [0.25, 0.3) is 0 Å². The van der Waals surface area contributed by atoms with Gasteiger partial charge in [0.1, 0.15) is 6.10 Å². The Morgan fingerprint density at radius 2 is 2.05 bits per heavy atom. The van der Waals surface area contributed by atoms with Gasteiger partial charge in [-0.1, -0.05) is 27.7 Å². The molecule has 0 saturated carbocycles. The fraction of sp³-hybridized carbons (Fsp3) is 0.733. The first-order valence-corrected chi connectivity index (χ1v) is 7.09. The smallest absolute Gasteiger partial charge is 0.158 e. The van der Waals surface area contributed by atoms with Crippen molar-refractivity contribution in [1.29, 1.82) is 0 Å². The third-order valence-electron chi connectivity index (χ3n) is 3.63. The van der Waals surface area contributed by atoms with E-state index in [1.54, 1.807) is 7.11 Å². The number of hydrogen-bond acceptors (Lipinski definition) is 4. The molecule has 2 heterocycles. The number of methoxy groups -OCH3 is 1. The molecule has 106 valence electrons. The summed E-state index contributed by atoms with van der Waals surface area (Å²) >= 11 is 0. The van der Waals surface area contributed by atoms with Crippen LogP contribution in [-0.4, -0.2) is 23.6 Å². The Labute approximate surface area is 116 Å². The van der Waals surface area contributed by atoms with Crippen LogP contribution in [0.2, 0.25) is 0 Å². The van der Waals surface area contributed by atoms with Gasteiger partial charge in [-0.2, -0.15) is 0 Å². The molecule has 4 heteroatoms. The molecule has 0 amide bonds. The minimum Gasteiger partial charge on any atom is -0.373 e. The van der Waals surface area contributed by atoms with Crippen molar-refractivity contribution in [3.63, 3.8) is 0 Å². The van der Waals surface area contributed by atoms with Gasteiger partial charge in [-0.25, -0.2) is 9.97 Å². The van der Waals surface area contributed by atoms with Crippen molar-refractivity contribution in [3.8, 4) is 0 Å². The number of aromatic nitrogens is 2. The van der Waals surface area contributed by atoms with E-state index >= 15 is 0 Å². The Hall–Kier alpha value is -1.00. The van der Waals surface area contributed by atoms with Crippen LogP contribution in [0.3, 0.4) is 0 Å². The van der Waals surface area contributed by atoms with Crippen LogP contribution < -0.4 is 5.32 Å². The zero-order chi connectivity index (χ0) is 14.0. The molecule has 1 N–H and O–H groups in total. The van der Waals surface area contributed by atoms with Gasteiger partial charge in [-0.05, 0) is 30.4 Å². The molecule has 0 saturated heterocycles. The highest BCUT2D eigenvalue weighted by molar-refractivity contribution is 5.29. The molecule has 1 atom stereocenters. The molecule has 0 aliphatic carbocycles. The summed E-state index contributed by atoms with van der Waals surface area (Å²) in [6.45, 7) is 10.5. The maximum Gasteiger partial charge on any atom is 0.158 e. The number of fused-ring (bicyclic) bond motifs is 1. The van der Waals surface area contributed by atoms with E-state index in [0.29, 0.717) is 0 Å². The number of ether oxygens (including phenoxy) is 1. The standard InChI is InChI=1S/C15H25N3O/c1-6-11-10-7-8-16-9-12(10)18-14(17-11)13(19-5)15(2,3)4/h13,16H,6-9H2,1-5H3. The monoisotopic (exact) mass is 263 g/mol. The van der Waals surface area contributed by atoms with Crippen molar-refractivity contribution < 1.29 is 4.74 Å². The number of aryl methyl sites for hydroxylation is 1. The van der Waals surface area contributed by atoms with Crippen LogP contribution in [0, 0.1) is 5.41 Å². The molecule has 1 aromatic heterocycles. The van der Waals surface area contributed by atoms with E-state index in [0.717, 1.165) is 37.4 Å². The van der Waals surface area contributed by atoms with Crippen LogP contribution in [0.15, 0.2) is 0 Å². The Kier molecular flexibility index (Phi) is 4.21. The molecule has 0 fully saturated rings. The minimum absolute atomic E-state index is 0.00388. The Morgan fingerprint density at radius 1 is 1.32 bits per heavy atom. The minimum atomic E-state index is -0.0648. The summed E-state index contributed by atoms with van der Waals surface area (Å²) in [5.41, 5.74) is 3.68. The van der Waals surface area contributed by atoms with Gasteiger partial charge >= 0.3 is 0 Å². The average Bonchev–Trinajstić information content (AvgIpc) is 2.37. The zero-order valence-corrected chi connectivity index (χ0v) is 12.7. The van der Waals surface area contributed by atoms with Gasteiger partial charge in [0.25, 0.3) is 0 Å². The highest BCUT2D eigenvalue weighted by atomic mass is 16.5. The van der Waals surface area contributed by atoms with Gasteiger partial charge in [0, 0.05) is 19.3 Å². The van der Waals surface area contributed by atoms with Crippen molar-refractivity contribution in [2.75, 3.05) is 13.7 Å². The summed E-state index contributed by atoms with van der Waals surface area (Å²) < 4.78 is 5.65. The van der Waals surface area contributed by atoms with Gasteiger partial charge in [0.15, 0.2) is 5.82 Å². The highest BCUT2D eigenvalue weighted by Gasteiger charge is 2.30. The van der Waals surface area contributed by atoms with E-state index < -0.39 is 0 Å². The molecule has 1 aliphatic rings. The fourth-order valence-electron chi connectivity index (χ4n) is 2.71. The van der Waals surface area contributed by atoms with Gasteiger partial charge in [-0.15, -0.1) is 0 Å². The first-order valence-electron chi connectivity index (χ1n) is 7.09. The van der Waals surface area contributed by atoms with Crippen LogP contribution in [0.4, 0.5) is 0 Å². The molecule has 1 aliphatic heterocycles. The van der Waals surface area contributed by atoms with E-state index in [9.17, 15) is 0 Å². The predicted octanol–water partition coefficient (Wildman–Crippen LogP) is 2.42. The molecular weight excluding hydrogens is 238 g/mol. The Bertz CT molecular complexity index is 434. The van der Waals surface area contributed by atoms with E-state index in [4.69, 9.17) is 14.7 Å². The third-order valence-corrected chi connectivity index (χ3v) is 3.63. The number of rotatable bonds is 3. The van der Waals surface area contributed by atoms with Gasteiger partial charge in [0.2, 0.25) is 0 Å². The second-order valence-electron chi connectivity index (χ2n) is 6.22. The number of nitrogens with one attached hydrogen (secondary N) is 1. The molecular formula is C15H25N3O. The maximum absolute atomic E-state index is 5.65. The Balaban J connectivity index is 2.47. The summed E-state index contributed by atoms with van der Waals surface area (Å²) in [4.78, 5) is 9.54. The number of hydrogen-bond donors (Lipinski definition) is 1. The van der Waals surface area contributed by atoms with Crippen LogP contribution >= 0.6 is 0 Å². The average molecular weight is 263 g/mol. The quantitative estimate of drug-likeness (QED) is 0.910. The normalized spacial score (nSPS) is 17.1.